The molecule has 0 bridgehead atoms. The molecule has 1 aromatic carbocycles. The predicted octanol–water partition coefficient (Wildman–Crippen LogP) is 2.73. The van der Waals surface area contributed by atoms with Crippen molar-refractivity contribution >= 4 is 28.8 Å². The lowest BCUT2D eigenvalue weighted by Gasteiger charge is -2.06. The number of anilines is 1. The maximum absolute atomic E-state index is 11.8. The van der Waals surface area contributed by atoms with Gasteiger partial charge in [0.05, 0.1) is 11.4 Å². The predicted molar refractivity (Wildman–Crippen MR) is 81.2 cm³/mol. The third kappa shape index (κ3) is 3.93. The maximum atomic E-state index is 11.8. The van der Waals surface area contributed by atoms with Crippen molar-refractivity contribution in [1.82, 2.24) is 5.32 Å². The summed E-state index contributed by atoms with van der Waals surface area (Å²) in [5.74, 6) is -0.459. The molecular weight excluding hydrogens is 272 g/mol. The van der Waals surface area contributed by atoms with Crippen LogP contribution in [0.1, 0.15) is 20.1 Å². The molecule has 5 heteroatoms. The number of hydrogen-bond acceptors (Lipinski definition) is 3. The van der Waals surface area contributed by atoms with Gasteiger partial charge in [0.15, 0.2) is 0 Å². The Morgan fingerprint density at radius 3 is 2.60 bits per heavy atom. The van der Waals surface area contributed by atoms with Gasteiger partial charge in [-0.25, -0.2) is 0 Å². The first-order valence-electron chi connectivity index (χ1n) is 6.26. The van der Waals surface area contributed by atoms with Gasteiger partial charge < -0.3 is 10.6 Å². The van der Waals surface area contributed by atoms with Crippen LogP contribution in [0.15, 0.2) is 36.4 Å². The Bertz CT molecular complexity index is 634. The van der Waals surface area contributed by atoms with Gasteiger partial charge in [0.2, 0.25) is 5.91 Å². The van der Waals surface area contributed by atoms with Gasteiger partial charge in [-0.1, -0.05) is 12.1 Å². The molecule has 2 N–H and O–H groups in total. The van der Waals surface area contributed by atoms with Crippen molar-refractivity contribution in [3.05, 3.63) is 51.7 Å². The number of rotatable bonds is 4. The third-order valence-electron chi connectivity index (χ3n) is 2.68. The van der Waals surface area contributed by atoms with E-state index in [-0.39, 0.29) is 18.4 Å². The molecule has 0 unspecified atom stereocenters. The molecule has 1 heterocycles. The summed E-state index contributed by atoms with van der Waals surface area (Å²) in [4.78, 5) is 25.2. The third-order valence-corrected chi connectivity index (χ3v) is 3.67. The number of aryl methyl sites for hydroxylation is 2. The lowest BCUT2D eigenvalue weighted by molar-refractivity contribution is -0.115. The van der Waals surface area contributed by atoms with Crippen LogP contribution >= 0.6 is 11.3 Å². The van der Waals surface area contributed by atoms with E-state index in [0.717, 1.165) is 16.1 Å². The van der Waals surface area contributed by atoms with Gasteiger partial charge in [-0.05, 0) is 43.7 Å². The lowest BCUT2D eigenvalue weighted by Crippen LogP contribution is -2.32. The molecule has 0 radical (unpaired) electrons. The second kappa shape index (κ2) is 6.34. The van der Waals surface area contributed by atoms with Gasteiger partial charge in [0, 0.05) is 10.6 Å². The summed E-state index contributed by atoms with van der Waals surface area (Å²) in [6.07, 6.45) is 0. The van der Waals surface area contributed by atoms with Crippen molar-refractivity contribution < 1.29 is 9.59 Å². The quantitative estimate of drug-likeness (QED) is 0.909. The molecule has 0 aliphatic rings. The highest BCUT2D eigenvalue weighted by molar-refractivity contribution is 7.13. The number of amides is 2. The van der Waals surface area contributed by atoms with Gasteiger partial charge in [-0.3, -0.25) is 9.59 Å². The first kappa shape index (κ1) is 14.3. The SMILES string of the molecule is Cc1cccc(NC(=O)CNC(=O)c2ccc(C)s2)c1. The van der Waals surface area contributed by atoms with Crippen molar-refractivity contribution in [1.29, 1.82) is 0 Å². The van der Waals surface area contributed by atoms with Crippen LogP contribution in [0, 0.1) is 13.8 Å². The van der Waals surface area contributed by atoms with Crippen LogP contribution in [0.3, 0.4) is 0 Å². The van der Waals surface area contributed by atoms with Crippen LogP contribution < -0.4 is 10.6 Å². The Balaban J connectivity index is 1.85. The fourth-order valence-corrected chi connectivity index (χ4v) is 2.52. The number of carbonyl (C=O) groups is 2. The minimum absolute atomic E-state index is 0.0380. The van der Waals surface area contributed by atoms with Gasteiger partial charge >= 0.3 is 0 Å². The Morgan fingerprint density at radius 2 is 1.95 bits per heavy atom. The van der Waals surface area contributed by atoms with E-state index in [1.807, 2.05) is 44.2 Å². The van der Waals surface area contributed by atoms with Crippen LogP contribution in [-0.2, 0) is 4.79 Å². The molecule has 2 amide bonds. The first-order chi connectivity index (χ1) is 9.54. The molecule has 2 aromatic rings. The van der Waals surface area contributed by atoms with E-state index in [4.69, 9.17) is 0 Å². The van der Waals surface area contributed by atoms with Crippen LogP contribution in [0.2, 0.25) is 0 Å². The van der Waals surface area contributed by atoms with Crippen LogP contribution in [0.25, 0.3) is 0 Å². The molecule has 0 atom stereocenters. The topological polar surface area (TPSA) is 58.2 Å². The lowest BCUT2D eigenvalue weighted by atomic mass is 10.2. The number of thiophene rings is 1. The standard InChI is InChI=1S/C15H16N2O2S/c1-10-4-3-5-12(8-10)17-14(18)9-16-15(19)13-7-6-11(2)20-13/h3-8H,9H2,1-2H3,(H,16,19)(H,17,18). The monoisotopic (exact) mass is 288 g/mol. The summed E-state index contributed by atoms with van der Waals surface area (Å²) < 4.78 is 0. The second-order valence-corrected chi connectivity index (χ2v) is 5.80. The van der Waals surface area contributed by atoms with Gasteiger partial charge in [0.1, 0.15) is 0 Å². The largest absolute Gasteiger partial charge is 0.342 e. The van der Waals surface area contributed by atoms with Crippen LogP contribution in [0.4, 0.5) is 5.69 Å². The molecule has 0 spiro atoms. The molecule has 0 aliphatic carbocycles. The fourth-order valence-electron chi connectivity index (χ4n) is 1.73. The summed E-state index contributed by atoms with van der Waals surface area (Å²) in [5.41, 5.74) is 1.80. The maximum Gasteiger partial charge on any atom is 0.261 e. The number of benzene rings is 1. The van der Waals surface area contributed by atoms with E-state index < -0.39 is 0 Å². The smallest absolute Gasteiger partial charge is 0.261 e. The van der Waals surface area contributed by atoms with Gasteiger partial charge in [0.25, 0.3) is 5.91 Å². The molecular formula is C15H16N2O2S. The number of hydrogen-bond donors (Lipinski definition) is 2. The van der Waals surface area contributed by atoms with E-state index >= 15 is 0 Å². The highest BCUT2D eigenvalue weighted by Crippen LogP contribution is 2.14. The number of carbonyl (C=O) groups excluding carboxylic acids is 2. The summed E-state index contributed by atoms with van der Waals surface area (Å²) in [6.45, 7) is 3.85. The molecule has 0 fully saturated rings. The van der Waals surface area contributed by atoms with Crippen molar-refractivity contribution in [2.75, 3.05) is 11.9 Å². The van der Waals surface area contributed by atoms with Gasteiger partial charge in [-0.15, -0.1) is 11.3 Å². The molecule has 0 saturated heterocycles. The second-order valence-electron chi connectivity index (χ2n) is 4.51. The normalized spacial score (nSPS) is 10.1. The molecule has 104 valence electrons. The van der Waals surface area contributed by atoms with E-state index in [9.17, 15) is 9.59 Å². The molecule has 0 saturated carbocycles. The van der Waals surface area contributed by atoms with E-state index in [0.29, 0.717) is 4.88 Å². The Labute approximate surface area is 121 Å². The summed E-state index contributed by atoms with van der Waals surface area (Å²) in [5, 5.41) is 5.35. The van der Waals surface area contributed by atoms with Crippen molar-refractivity contribution in [2.45, 2.75) is 13.8 Å². The first-order valence-corrected chi connectivity index (χ1v) is 7.07. The number of nitrogens with one attached hydrogen (secondary N) is 2. The molecule has 4 nitrogen and oxygen atoms in total. The minimum atomic E-state index is -0.239. The zero-order valence-corrected chi connectivity index (χ0v) is 12.2. The average Bonchev–Trinajstić information content (AvgIpc) is 2.83. The van der Waals surface area contributed by atoms with Gasteiger partial charge in [-0.2, -0.15) is 0 Å². The summed E-state index contributed by atoms with van der Waals surface area (Å²) >= 11 is 1.41. The van der Waals surface area contributed by atoms with Crippen molar-refractivity contribution in [3.8, 4) is 0 Å². The fraction of sp³-hybridized carbons (Fsp3) is 0.200. The average molecular weight is 288 g/mol. The highest BCUT2D eigenvalue weighted by Gasteiger charge is 2.09. The molecule has 1 aromatic heterocycles. The van der Waals surface area contributed by atoms with E-state index in [1.165, 1.54) is 11.3 Å². The molecule has 20 heavy (non-hydrogen) atoms. The van der Waals surface area contributed by atoms with Crippen LogP contribution in [0.5, 0.6) is 0 Å². The van der Waals surface area contributed by atoms with Crippen LogP contribution in [-0.4, -0.2) is 18.4 Å². The molecule has 0 aliphatic heterocycles. The summed E-state index contributed by atoms with van der Waals surface area (Å²) in [7, 11) is 0. The summed E-state index contributed by atoms with van der Waals surface area (Å²) in [6, 6.07) is 11.2. The Kier molecular flexibility index (Phi) is 4.53. The zero-order valence-electron chi connectivity index (χ0n) is 11.4. The van der Waals surface area contributed by atoms with E-state index in [2.05, 4.69) is 10.6 Å². The van der Waals surface area contributed by atoms with E-state index in [1.54, 1.807) is 6.07 Å². The molecule has 2 rings (SSSR count). The Morgan fingerprint density at radius 1 is 1.15 bits per heavy atom. The minimum Gasteiger partial charge on any atom is -0.342 e. The Hall–Kier alpha value is -2.14. The van der Waals surface area contributed by atoms with Crippen molar-refractivity contribution in [3.63, 3.8) is 0 Å². The zero-order chi connectivity index (χ0) is 14.5. The highest BCUT2D eigenvalue weighted by atomic mass is 32.1. The van der Waals surface area contributed by atoms with Crippen molar-refractivity contribution in [2.24, 2.45) is 0 Å².